The largest absolute Gasteiger partial charge is 0.447 e. The highest BCUT2D eigenvalue weighted by Crippen LogP contribution is 2.39. The van der Waals surface area contributed by atoms with Crippen molar-refractivity contribution >= 4 is 29.0 Å². The summed E-state index contributed by atoms with van der Waals surface area (Å²) in [6.45, 7) is 6.56. The first-order chi connectivity index (χ1) is 17.4. The number of thioether (sulfide) groups is 1. The van der Waals surface area contributed by atoms with Crippen molar-refractivity contribution in [2.75, 3.05) is 25.0 Å². The van der Waals surface area contributed by atoms with E-state index in [0.717, 1.165) is 0 Å². The third kappa shape index (κ3) is 6.56. The van der Waals surface area contributed by atoms with Gasteiger partial charge < -0.3 is 16.0 Å². The first-order valence-electron chi connectivity index (χ1n) is 11.6. The molecule has 0 aromatic carbocycles. The van der Waals surface area contributed by atoms with Gasteiger partial charge in [0.25, 0.3) is 5.91 Å². The van der Waals surface area contributed by atoms with Crippen LogP contribution in [-0.2, 0) is 5.54 Å². The van der Waals surface area contributed by atoms with E-state index < -0.39 is 23.6 Å². The Balaban J connectivity index is 1.56. The summed E-state index contributed by atoms with van der Waals surface area (Å²) in [6.07, 6.45) is 3.88. The molecule has 4 heterocycles. The van der Waals surface area contributed by atoms with Crippen LogP contribution in [-0.4, -0.2) is 62.4 Å². The average Bonchev–Trinajstić information content (AvgIpc) is 3.44. The van der Waals surface area contributed by atoms with Crippen LogP contribution in [0.3, 0.4) is 0 Å². The standard InChI is InChI=1S/C24H27F4N7OS/c1-23(2,3)35-14-15(12-31-35)21(36)30-9-4-6-19-22(37-24(26,27)28)34-11-5-7-18(20(34)33-19)32-17-8-10-29-13-16(17)25/h5,7,11-12,14,16-17,29,32H,8-10,13H2,1-3H3,(H,30,36). The number of nitrogens with zero attached hydrogens (tertiary/aromatic N) is 4. The third-order valence-corrected chi connectivity index (χ3v) is 6.46. The van der Waals surface area contributed by atoms with Crippen molar-refractivity contribution < 1.29 is 22.4 Å². The van der Waals surface area contributed by atoms with Gasteiger partial charge in [-0.25, -0.2) is 9.37 Å². The molecule has 3 aromatic heterocycles. The van der Waals surface area contributed by atoms with E-state index in [-0.39, 0.29) is 46.8 Å². The molecule has 0 bridgehead atoms. The van der Waals surface area contributed by atoms with Gasteiger partial charge >= 0.3 is 5.51 Å². The number of carbonyl (C=O) groups excluding carboxylic acids is 1. The second-order valence-corrected chi connectivity index (χ2v) is 10.6. The molecule has 0 aliphatic carbocycles. The normalized spacial score (nSPS) is 18.4. The van der Waals surface area contributed by atoms with E-state index in [1.165, 1.54) is 16.8 Å². The van der Waals surface area contributed by atoms with Crippen LogP contribution in [0.1, 0.15) is 43.2 Å². The number of nitrogens with one attached hydrogen (secondary N) is 3. The number of amides is 1. The van der Waals surface area contributed by atoms with Crippen molar-refractivity contribution in [1.82, 2.24) is 29.8 Å². The fraction of sp³-hybridized carbons (Fsp3) is 0.458. The van der Waals surface area contributed by atoms with Crippen LogP contribution in [0.2, 0.25) is 0 Å². The molecule has 37 heavy (non-hydrogen) atoms. The lowest BCUT2D eigenvalue weighted by atomic mass is 10.0. The van der Waals surface area contributed by atoms with Gasteiger partial charge in [0.05, 0.1) is 35.6 Å². The number of alkyl halides is 4. The quantitative estimate of drug-likeness (QED) is 0.261. The SMILES string of the molecule is CC(C)(C)n1cc(C(=O)NCC#Cc2nc3c(NC4CCNCC4F)cccn3c2SC(F)(F)F)cn1. The summed E-state index contributed by atoms with van der Waals surface area (Å²) in [5.74, 6) is 4.93. The molecule has 0 radical (unpaired) electrons. The molecule has 3 N–H and O–H groups in total. The Kier molecular flexibility index (Phi) is 7.70. The van der Waals surface area contributed by atoms with Gasteiger partial charge in [-0.15, -0.1) is 0 Å². The summed E-state index contributed by atoms with van der Waals surface area (Å²) in [7, 11) is 0. The number of carbonyl (C=O) groups is 1. The lowest BCUT2D eigenvalue weighted by Gasteiger charge is -2.28. The van der Waals surface area contributed by atoms with Crippen LogP contribution in [0.15, 0.2) is 35.7 Å². The van der Waals surface area contributed by atoms with Crippen molar-refractivity contribution in [3.8, 4) is 11.8 Å². The number of aromatic nitrogens is 4. The van der Waals surface area contributed by atoms with Crippen LogP contribution >= 0.6 is 11.8 Å². The molecule has 1 aliphatic rings. The zero-order valence-corrected chi connectivity index (χ0v) is 21.3. The predicted octanol–water partition coefficient (Wildman–Crippen LogP) is 3.79. The average molecular weight is 538 g/mol. The van der Waals surface area contributed by atoms with Crippen LogP contribution in [0.25, 0.3) is 5.65 Å². The van der Waals surface area contributed by atoms with Gasteiger partial charge in [0, 0.05) is 30.7 Å². The minimum absolute atomic E-state index is 0.0894. The summed E-state index contributed by atoms with van der Waals surface area (Å²) in [5, 5.41) is 12.6. The number of hydrogen-bond donors (Lipinski definition) is 3. The Morgan fingerprint density at radius 2 is 2.11 bits per heavy atom. The lowest BCUT2D eigenvalue weighted by molar-refractivity contribution is -0.0330. The van der Waals surface area contributed by atoms with Gasteiger partial charge in [-0.3, -0.25) is 13.9 Å². The predicted molar refractivity (Wildman–Crippen MR) is 133 cm³/mol. The second-order valence-electron chi connectivity index (χ2n) is 9.52. The van der Waals surface area contributed by atoms with Gasteiger partial charge in [-0.05, 0) is 51.8 Å². The van der Waals surface area contributed by atoms with Gasteiger partial charge in [-0.1, -0.05) is 5.92 Å². The summed E-state index contributed by atoms with van der Waals surface area (Å²) in [6, 6.07) is 2.73. The minimum Gasteiger partial charge on any atom is -0.376 e. The molecule has 2 atom stereocenters. The molecule has 4 rings (SSSR count). The molecule has 8 nitrogen and oxygen atoms in total. The third-order valence-electron chi connectivity index (χ3n) is 5.64. The van der Waals surface area contributed by atoms with E-state index in [2.05, 4.69) is 37.9 Å². The van der Waals surface area contributed by atoms with Crippen molar-refractivity contribution in [2.24, 2.45) is 0 Å². The Morgan fingerprint density at radius 3 is 2.78 bits per heavy atom. The maximum atomic E-state index is 14.3. The first kappa shape index (κ1) is 26.8. The summed E-state index contributed by atoms with van der Waals surface area (Å²) in [4.78, 5) is 16.7. The highest BCUT2D eigenvalue weighted by Gasteiger charge is 2.33. The van der Waals surface area contributed by atoms with E-state index in [0.29, 0.717) is 24.2 Å². The van der Waals surface area contributed by atoms with Crippen molar-refractivity contribution in [3.05, 3.63) is 42.0 Å². The van der Waals surface area contributed by atoms with Crippen molar-refractivity contribution in [1.29, 1.82) is 0 Å². The topological polar surface area (TPSA) is 88.3 Å². The molecule has 1 fully saturated rings. The van der Waals surface area contributed by atoms with E-state index >= 15 is 0 Å². The van der Waals surface area contributed by atoms with Gasteiger partial charge in [0.1, 0.15) is 16.9 Å². The molecular weight excluding hydrogens is 510 g/mol. The van der Waals surface area contributed by atoms with Crippen LogP contribution in [0, 0.1) is 11.8 Å². The maximum Gasteiger partial charge on any atom is 0.447 e. The molecular formula is C24H27F4N7OS. The highest BCUT2D eigenvalue weighted by atomic mass is 32.2. The number of piperidine rings is 1. The summed E-state index contributed by atoms with van der Waals surface area (Å²) < 4.78 is 57.3. The van der Waals surface area contributed by atoms with E-state index in [9.17, 15) is 22.4 Å². The molecule has 13 heteroatoms. The maximum absolute atomic E-state index is 14.3. The van der Waals surface area contributed by atoms with Gasteiger partial charge in [0.2, 0.25) is 0 Å². The van der Waals surface area contributed by atoms with Crippen LogP contribution < -0.4 is 16.0 Å². The monoisotopic (exact) mass is 537 g/mol. The Labute approximate surface area is 215 Å². The van der Waals surface area contributed by atoms with Crippen LogP contribution in [0.5, 0.6) is 0 Å². The van der Waals surface area contributed by atoms with E-state index in [1.54, 1.807) is 23.0 Å². The smallest absolute Gasteiger partial charge is 0.376 e. The number of anilines is 1. The lowest BCUT2D eigenvalue weighted by Crippen LogP contribution is -2.45. The Morgan fingerprint density at radius 1 is 1.32 bits per heavy atom. The van der Waals surface area contributed by atoms with Gasteiger partial charge in [-0.2, -0.15) is 18.3 Å². The highest BCUT2D eigenvalue weighted by molar-refractivity contribution is 8.00. The minimum atomic E-state index is -4.57. The Hall–Kier alpha value is -3.24. The molecule has 198 valence electrons. The van der Waals surface area contributed by atoms with Gasteiger partial charge in [0.15, 0.2) is 5.65 Å². The number of imidazole rings is 1. The van der Waals surface area contributed by atoms with Crippen molar-refractivity contribution in [3.63, 3.8) is 0 Å². The number of fused-ring (bicyclic) bond motifs is 1. The fourth-order valence-corrected chi connectivity index (χ4v) is 4.45. The van der Waals surface area contributed by atoms with E-state index in [4.69, 9.17) is 0 Å². The van der Waals surface area contributed by atoms with Crippen LogP contribution in [0.4, 0.5) is 23.2 Å². The molecule has 0 saturated carbocycles. The second kappa shape index (κ2) is 10.6. The fourth-order valence-electron chi connectivity index (χ4n) is 3.79. The number of halogens is 4. The first-order valence-corrected chi connectivity index (χ1v) is 12.4. The molecule has 1 saturated heterocycles. The summed E-state index contributed by atoms with van der Waals surface area (Å²) in [5.41, 5.74) is -3.98. The van der Waals surface area contributed by atoms with Crippen molar-refractivity contribution in [2.45, 2.75) is 55.5 Å². The number of pyridine rings is 1. The molecule has 3 aromatic rings. The Bertz CT molecular complexity index is 1330. The summed E-state index contributed by atoms with van der Waals surface area (Å²) >= 11 is -0.327. The molecule has 2 unspecified atom stereocenters. The molecule has 0 spiro atoms. The number of hydrogen-bond acceptors (Lipinski definition) is 6. The zero-order chi connectivity index (χ0) is 26.8. The molecule has 1 amide bonds. The molecule has 1 aliphatic heterocycles. The van der Waals surface area contributed by atoms with E-state index in [1.807, 2.05) is 20.8 Å². The number of rotatable bonds is 5. The zero-order valence-electron chi connectivity index (χ0n) is 20.5.